The van der Waals surface area contributed by atoms with Gasteiger partial charge in [-0.25, -0.2) is 9.97 Å². The van der Waals surface area contributed by atoms with Gasteiger partial charge in [-0.05, 0) is 13.8 Å². The number of aryl methyl sites for hydroxylation is 3. The van der Waals surface area contributed by atoms with E-state index in [0.717, 1.165) is 34.1 Å². The molecule has 0 fully saturated rings. The fourth-order valence-corrected chi connectivity index (χ4v) is 2.44. The summed E-state index contributed by atoms with van der Waals surface area (Å²) in [6, 6.07) is 0. The molecule has 0 spiro atoms. The molecule has 0 radical (unpaired) electrons. The first-order valence-corrected chi connectivity index (χ1v) is 7.41. The van der Waals surface area contributed by atoms with E-state index in [4.69, 9.17) is 0 Å². The van der Waals surface area contributed by atoms with Crippen LogP contribution in [0.25, 0.3) is 11.0 Å². The number of fused-ring (bicyclic) bond motifs is 1. The molecule has 0 aliphatic carbocycles. The minimum Gasteiger partial charge on any atom is -0.365 e. The van der Waals surface area contributed by atoms with Crippen molar-refractivity contribution in [2.45, 2.75) is 40.2 Å². The van der Waals surface area contributed by atoms with Crippen molar-refractivity contribution in [1.29, 1.82) is 0 Å². The topological polar surface area (TPSA) is 84.3 Å². The summed E-state index contributed by atoms with van der Waals surface area (Å²) in [4.78, 5) is 9.27. The van der Waals surface area contributed by atoms with Gasteiger partial charge in [-0.2, -0.15) is 10.2 Å². The third-order valence-corrected chi connectivity index (χ3v) is 3.84. The summed E-state index contributed by atoms with van der Waals surface area (Å²) in [5.74, 6) is 1.90. The summed E-state index contributed by atoms with van der Waals surface area (Å²) in [5.41, 5.74) is 4.10. The molecule has 22 heavy (non-hydrogen) atoms. The lowest BCUT2D eigenvalue weighted by Gasteiger charge is -2.11. The van der Waals surface area contributed by atoms with Crippen LogP contribution >= 0.6 is 0 Å². The largest absolute Gasteiger partial charge is 0.365 e. The zero-order valence-electron chi connectivity index (χ0n) is 13.6. The summed E-state index contributed by atoms with van der Waals surface area (Å²) in [6.45, 7) is 8.87. The van der Waals surface area contributed by atoms with E-state index in [0.29, 0.717) is 6.54 Å². The molecule has 0 unspecified atom stereocenters. The fraction of sp³-hybridized carbons (Fsp3) is 0.467. The molecule has 3 rings (SSSR count). The Bertz CT molecular complexity index is 793. The lowest BCUT2D eigenvalue weighted by molar-refractivity contribution is 0.752. The number of hydrogen-bond acceptors (Lipinski definition) is 5. The van der Waals surface area contributed by atoms with E-state index in [1.807, 2.05) is 20.9 Å². The predicted octanol–water partition coefficient (Wildman–Crippen LogP) is 2.44. The maximum Gasteiger partial charge on any atom is 0.163 e. The van der Waals surface area contributed by atoms with E-state index in [2.05, 4.69) is 44.4 Å². The van der Waals surface area contributed by atoms with Crippen LogP contribution in [-0.4, -0.2) is 29.9 Å². The number of anilines is 1. The van der Waals surface area contributed by atoms with Gasteiger partial charge in [0.05, 0.1) is 17.3 Å². The van der Waals surface area contributed by atoms with Gasteiger partial charge in [-0.3, -0.25) is 9.78 Å². The summed E-state index contributed by atoms with van der Waals surface area (Å²) >= 11 is 0. The number of rotatable bonds is 4. The lowest BCUT2D eigenvalue weighted by atomic mass is 10.2. The Hall–Kier alpha value is -2.44. The number of hydrogen-bond donors (Lipinski definition) is 2. The molecule has 116 valence electrons. The first kappa shape index (κ1) is 14.5. The highest BCUT2D eigenvalue weighted by Gasteiger charge is 2.14. The Morgan fingerprint density at radius 2 is 2.05 bits per heavy atom. The Morgan fingerprint density at radius 3 is 2.68 bits per heavy atom. The van der Waals surface area contributed by atoms with Crippen molar-refractivity contribution >= 4 is 16.9 Å². The third kappa shape index (κ3) is 2.43. The number of nitrogens with zero attached hydrogens (tertiary/aromatic N) is 5. The maximum absolute atomic E-state index is 4.67. The molecular weight excluding hydrogens is 278 g/mol. The van der Waals surface area contributed by atoms with Gasteiger partial charge in [0.25, 0.3) is 0 Å². The highest BCUT2D eigenvalue weighted by atomic mass is 15.3. The van der Waals surface area contributed by atoms with Crippen molar-refractivity contribution < 1.29 is 0 Å². The first-order valence-electron chi connectivity index (χ1n) is 7.41. The summed E-state index contributed by atoms with van der Waals surface area (Å²) in [5, 5.41) is 15.9. The molecule has 0 aliphatic heterocycles. The smallest absolute Gasteiger partial charge is 0.163 e. The van der Waals surface area contributed by atoms with Gasteiger partial charge in [0, 0.05) is 30.8 Å². The standard InChI is InChI=1S/C15H21N7/c1-8(2)13-18-14(12-7-17-22(5)15(12)19-13)16-6-11-9(3)20-21-10(11)4/h7-8H,6H2,1-5H3,(H,20,21)(H,16,18,19). The molecule has 7 heteroatoms. The molecule has 3 aromatic rings. The summed E-state index contributed by atoms with van der Waals surface area (Å²) in [6.07, 6.45) is 1.80. The van der Waals surface area contributed by atoms with Gasteiger partial charge in [0.2, 0.25) is 0 Å². The van der Waals surface area contributed by atoms with Crippen LogP contribution < -0.4 is 5.32 Å². The second kappa shape index (κ2) is 5.40. The van der Waals surface area contributed by atoms with Gasteiger partial charge in [-0.1, -0.05) is 13.8 Å². The molecule has 3 aromatic heterocycles. The number of aromatic amines is 1. The predicted molar refractivity (Wildman–Crippen MR) is 85.8 cm³/mol. The van der Waals surface area contributed by atoms with E-state index in [9.17, 15) is 0 Å². The second-order valence-electron chi connectivity index (χ2n) is 5.86. The normalized spacial score (nSPS) is 11.5. The van der Waals surface area contributed by atoms with Crippen LogP contribution in [0, 0.1) is 13.8 Å². The maximum atomic E-state index is 4.67. The Balaban J connectivity index is 1.99. The Labute approximate surface area is 129 Å². The van der Waals surface area contributed by atoms with Crippen LogP contribution in [0.2, 0.25) is 0 Å². The molecule has 0 atom stereocenters. The number of aromatic nitrogens is 6. The number of H-pyrrole nitrogens is 1. The van der Waals surface area contributed by atoms with Crippen LogP contribution in [0.5, 0.6) is 0 Å². The van der Waals surface area contributed by atoms with Crippen LogP contribution in [-0.2, 0) is 13.6 Å². The third-order valence-electron chi connectivity index (χ3n) is 3.84. The van der Waals surface area contributed by atoms with Crippen molar-refractivity contribution in [2.24, 2.45) is 7.05 Å². The van der Waals surface area contributed by atoms with Gasteiger partial charge >= 0.3 is 0 Å². The molecule has 3 heterocycles. The van der Waals surface area contributed by atoms with Crippen molar-refractivity contribution in [3.05, 3.63) is 29.0 Å². The molecule has 0 amide bonds. The molecule has 0 saturated heterocycles. The van der Waals surface area contributed by atoms with Gasteiger partial charge in [0.15, 0.2) is 5.65 Å². The molecular formula is C15H21N7. The van der Waals surface area contributed by atoms with Crippen molar-refractivity contribution in [3.63, 3.8) is 0 Å². The van der Waals surface area contributed by atoms with Gasteiger partial charge < -0.3 is 5.32 Å². The van der Waals surface area contributed by atoms with E-state index >= 15 is 0 Å². The number of nitrogens with one attached hydrogen (secondary N) is 2. The molecule has 7 nitrogen and oxygen atoms in total. The molecule has 0 aliphatic rings. The van der Waals surface area contributed by atoms with Gasteiger partial charge in [-0.15, -0.1) is 0 Å². The first-order chi connectivity index (χ1) is 10.5. The monoisotopic (exact) mass is 299 g/mol. The minimum atomic E-state index is 0.261. The highest BCUT2D eigenvalue weighted by molar-refractivity contribution is 5.86. The van der Waals surface area contributed by atoms with E-state index in [1.54, 1.807) is 10.9 Å². The van der Waals surface area contributed by atoms with E-state index < -0.39 is 0 Å². The average molecular weight is 299 g/mol. The van der Waals surface area contributed by atoms with Crippen LogP contribution in [0.3, 0.4) is 0 Å². The van der Waals surface area contributed by atoms with Crippen molar-refractivity contribution in [3.8, 4) is 0 Å². The van der Waals surface area contributed by atoms with E-state index in [-0.39, 0.29) is 5.92 Å². The summed E-state index contributed by atoms with van der Waals surface area (Å²) in [7, 11) is 1.90. The Kier molecular flexibility index (Phi) is 3.56. The van der Waals surface area contributed by atoms with Gasteiger partial charge in [0.1, 0.15) is 11.6 Å². The highest BCUT2D eigenvalue weighted by Crippen LogP contribution is 2.23. The molecule has 0 saturated carbocycles. The average Bonchev–Trinajstić information content (AvgIpc) is 3.01. The van der Waals surface area contributed by atoms with Crippen molar-refractivity contribution in [1.82, 2.24) is 29.9 Å². The second-order valence-corrected chi connectivity index (χ2v) is 5.86. The molecule has 2 N–H and O–H groups in total. The molecule has 0 bridgehead atoms. The zero-order valence-corrected chi connectivity index (χ0v) is 13.6. The fourth-order valence-electron chi connectivity index (χ4n) is 2.44. The van der Waals surface area contributed by atoms with Crippen molar-refractivity contribution in [2.75, 3.05) is 5.32 Å². The Morgan fingerprint density at radius 1 is 1.27 bits per heavy atom. The minimum absolute atomic E-state index is 0.261. The van der Waals surface area contributed by atoms with E-state index in [1.165, 1.54) is 5.56 Å². The quantitative estimate of drug-likeness (QED) is 0.773. The molecule has 0 aromatic carbocycles. The van der Waals surface area contributed by atoms with Crippen LogP contribution in [0.4, 0.5) is 5.82 Å². The zero-order chi connectivity index (χ0) is 15.9. The SMILES string of the molecule is Cc1n[nH]c(C)c1CNc1nc(C(C)C)nc2c1cnn2C. The summed E-state index contributed by atoms with van der Waals surface area (Å²) < 4.78 is 1.78. The lowest BCUT2D eigenvalue weighted by Crippen LogP contribution is -2.08. The van der Waals surface area contributed by atoms with Crippen LogP contribution in [0.15, 0.2) is 6.20 Å². The van der Waals surface area contributed by atoms with Crippen LogP contribution in [0.1, 0.15) is 42.5 Å².